The van der Waals surface area contributed by atoms with E-state index in [0.717, 1.165) is 31.2 Å². The first-order chi connectivity index (χ1) is 16.8. The van der Waals surface area contributed by atoms with Gasteiger partial charge in [0.2, 0.25) is 11.7 Å². The number of ketones is 1. The van der Waals surface area contributed by atoms with Crippen molar-refractivity contribution >= 4 is 35.1 Å². The van der Waals surface area contributed by atoms with Gasteiger partial charge in [0.05, 0.1) is 18.1 Å². The molecule has 2 heterocycles. The molecule has 0 spiro atoms. The third-order valence-electron chi connectivity index (χ3n) is 5.88. The predicted molar refractivity (Wildman–Crippen MR) is 124 cm³/mol. The van der Waals surface area contributed by atoms with Crippen LogP contribution in [0.25, 0.3) is 0 Å². The van der Waals surface area contributed by atoms with Crippen LogP contribution in [0.15, 0.2) is 34.9 Å². The second-order valence-corrected chi connectivity index (χ2v) is 8.74. The first kappa shape index (κ1) is 24.6. The van der Waals surface area contributed by atoms with Gasteiger partial charge < -0.3 is 19.2 Å². The normalized spacial score (nSPS) is 17.6. The molecule has 184 valence electrons. The van der Waals surface area contributed by atoms with Crippen molar-refractivity contribution in [3.05, 3.63) is 58.3 Å². The first-order valence-electron chi connectivity index (χ1n) is 11.1. The van der Waals surface area contributed by atoms with E-state index in [0.29, 0.717) is 17.1 Å². The minimum absolute atomic E-state index is 0.0171. The van der Waals surface area contributed by atoms with Gasteiger partial charge in [-0.25, -0.2) is 9.37 Å². The molecule has 11 heteroatoms. The molecule has 0 atom stereocenters. The lowest BCUT2D eigenvalue weighted by Gasteiger charge is -2.27. The SMILES string of the molecule is COC(=O)C1CCC(Oc2cc(C)c(CC(=O)c3nnc(Nc4ccc(F)c(Cl)c4)o3)cn2)CC1. The van der Waals surface area contributed by atoms with Gasteiger partial charge in [0.25, 0.3) is 5.89 Å². The minimum Gasteiger partial charge on any atom is -0.474 e. The predicted octanol–water partition coefficient (Wildman–Crippen LogP) is 4.85. The summed E-state index contributed by atoms with van der Waals surface area (Å²) in [6.45, 7) is 1.87. The van der Waals surface area contributed by atoms with E-state index in [2.05, 4.69) is 20.5 Å². The maximum absolute atomic E-state index is 13.3. The Morgan fingerprint density at radius 1 is 1.20 bits per heavy atom. The highest BCUT2D eigenvalue weighted by Gasteiger charge is 2.28. The van der Waals surface area contributed by atoms with Crippen molar-refractivity contribution in [3.63, 3.8) is 0 Å². The van der Waals surface area contributed by atoms with Crippen molar-refractivity contribution in [1.82, 2.24) is 15.2 Å². The molecule has 1 N–H and O–H groups in total. The molecule has 0 unspecified atom stereocenters. The van der Waals surface area contributed by atoms with Gasteiger partial charge in [-0.2, -0.15) is 0 Å². The van der Waals surface area contributed by atoms with Crippen LogP contribution in [0, 0.1) is 18.7 Å². The summed E-state index contributed by atoms with van der Waals surface area (Å²) < 4.78 is 29.5. The molecule has 0 saturated heterocycles. The molecule has 1 aliphatic rings. The number of carbonyl (C=O) groups excluding carboxylic acids is 2. The van der Waals surface area contributed by atoms with Gasteiger partial charge in [0.15, 0.2) is 0 Å². The average Bonchev–Trinajstić information content (AvgIpc) is 3.32. The topological polar surface area (TPSA) is 116 Å². The number of hydrogen-bond acceptors (Lipinski definition) is 9. The Morgan fingerprint density at radius 2 is 1.97 bits per heavy atom. The molecule has 9 nitrogen and oxygen atoms in total. The van der Waals surface area contributed by atoms with Crippen molar-refractivity contribution in [2.75, 3.05) is 12.4 Å². The number of carbonyl (C=O) groups is 2. The maximum Gasteiger partial charge on any atom is 0.320 e. The lowest BCUT2D eigenvalue weighted by molar-refractivity contribution is -0.147. The van der Waals surface area contributed by atoms with Gasteiger partial charge in [-0.05, 0) is 61.9 Å². The summed E-state index contributed by atoms with van der Waals surface area (Å²) in [6, 6.07) is 5.79. The van der Waals surface area contributed by atoms with Crippen LogP contribution in [-0.2, 0) is 16.0 Å². The van der Waals surface area contributed by atoms with Crippen molar-refractivity contribution in [2.24, 2.45) is 5.92 Å². The van der Waals surface area contributed by atoms with Crippen molar-refractivity contribution in [1.29, 1.82) is 0 Å². The average molecular weight is 503 g/mol. The lowest BCUT2D eigenvalue weighted by Crippen LogP contribution is -2.28. The number of benzene rings is 1. The fourth-order valence-electron chi connectivity index (χ4n) is 3.89. The molecule has 1 aliphatic carbocycles. The van der Waals surface area contributed by atoms with E-state index in [9.17, 15) is 14.0 Å². The number of aromatic nitrogens is 3. The Balaban J connectivity index is 1.33. The highest BCUT2D eigenvalue weighted by molar-refractivity contribution is 6.31. The fraction of sp³-hybridized carbons (Fsp3) is 0.375. The zero-order chi connectivity index (χ0) is 24.9. The van der Waals surface area contributed by atoms with E-state index in [1.54, 1.807) is 12.3 Å². The Hall–Kier alpha value is -3.53. The summed E-state index contributed by atoms with van der Waals surface area (Å²) in [6.07, 6.45) is 4.54. The number of esters is 1. The van der Waals surface area contributed by atoms with Crippen LogP contribution >= 0.6 is 11.6 Å². The Morgan fingerprint density at radius 3 is 2.66 bits per heavy atom. The third-order valence-corrected chi connectivity index (χ3v) is 6.17. The summed E-state index contributed by atoms with van der Waals surface area (Å²) in [7, 11) is 1.41. The maximum atomic E-state index is 13.3. The smallest absolute Gasteiger partial charge is 0.320 e. The van der Waals surface area contributed by atoms with Crippen LogP contribution in [0.2, 0.25) is 5.02 Å². The van der Waals surface area contributed by atoms with E-state index in [1.165, 1.54) is 25.3 Å². The van der Waals surface area contributed by atoms with Crippen LogP contribution in [0.3, 0.4) is 0 Å². The van der Waals surface area contributed by atoms with Crippen LogP contribution < -0.4 is 10.1 Å². The molecule has 0 aliphatic heterocycles. The van der Waals surface area contributed by atoms with Gasteiger partial charge in [0, 0.05) is 24.4 Å². The fourth-order valence-corrected chi connectivity index (χ4v) is 4.07. The second kappa shape index (κ2) is 10.8. The van der Waals surface area contributed by atoms with E-state index in [1.807, 2.05) is 6.92 Å². The summed E-state index contributed by atoms with van der Waals surface area (Å²) in [5.74, 6) is -0.857. The lowest BCUT2D eigenvalue weighted by atomic mass is 9.87. The minimum atomic E-state index is -0.551. The zero-order valence-corrected chi connectivity index (χ0v) is 20.0. The zero-order valence-electron chi connectivity index (χ0n) is 19.2. The molecule has 1 fully saturated rings. The number of nitrogens with zero attached hydrogens (tertiary/aromatic N) is 3. The monoisotopic (exact) mass is 502 g/mol. The molecule has 4 rings (SSSR count). The molecule has 1 saturated carbocycles. The van der Waals surface area contributed by atoms with Crippen molar-refractivity contribution < 1.29 is 27.9 Å². The number of nitrogens with one attached hydrogen (secondary N) is 1. The van der Waals surface area contributed by atoms with Gasteiger partial charge in [-0.3, -0.25) is 9.59 Å². The van der Waals surface area contributed by atoms with Gasteiger partial charge in [-0.15, -0.1) is 5.10 Å². The number of pyridine rings is 1. The molecule has 2 aromatic heterocycles. The van der Waals surface area contributed by atoms with E-state index in [-0.39, 0.29) is 47.1 Å². The first-order valence-corrected chi connectivity index (χ1v) is 11.5. The van der Waals surface area contributed by atoms with Crippen LogP contribution in [0.4, 0.5) is 16.1 Å². The van der Waals surface area contributed by atoms with Gasteiger partial charge >= 0.3 is 12.0 Å². The second-order valence-electron chi connectivity index (χ2n) is 8.33. The number of methoxy groups -OCH3 is 1. The number of ether oxygens (including phenoxy) is 2. The van der Waals surface area contributed by atoms with E-state index < -0.39 is 5.82 Å². The number of hydrogen-bond donors (Lipinski definition) is 1. The van der Waals surface area contributed by atoms with Crippen LogP contribution in [0.5, 0.6) is 5.88 Å². The molecule has 0 radical (unpaired) electrons. The van der Waals surface area contributed by atoms with Gasteiger partial charge in [-0.1, -0.05) is 16.7 Å². The van der Waals surface area contributed by atoms with Gasteiger partial charge in [0.1, 0.15) is 11.9 Å². The molecule has 0 bridgehead atoms. The van der Waals surface area contributed by atoms with Crippen molar-refractivity contribution in [2.45, 2.75) is 45.1 Å². The number of Topliss-reactive ketones (excluding diaryl/α,β-unsaturated/α-hetero) is 1. The third kappa shape index (κ3) is 6.13. The highest BCUT2D eigenvalue weighted by Crippen LogP contribution is 2.28. The Labute approximate surface area is 206 Å². The molecular formula is C24H24ClFN4O5. The highest BCUT2D eigenvalue weighted by atomic mass is 35.5. The van der Waals surface area contributed by atoms with Crippen LogP contribution in [-0.4, -0.2) is 40.1 Å². The Kier molecular flexibility index (Phi) is 7.60. The van der Waals surface area contributed by atoms with Crippen LogP contribution in [0.1, 0.15) is 47.5 Å². The van der Waals surface area contributed by atoms with E-state index >= 15 is 0 Å². The van der Waals surface area contributed by atoms with E-state index in [4.69, 9.17) is 25.5 Å². The summed E-state index contributed by atoms with van der Waals surface area (Å²) in [5, 5.41) is 10.3. The standard InChI is InChI=1S/C24H24ClFN4O5/c1-13-9-21(34-17-6-3-14(4-7-17)23(32)33-2)27-12-15(13)10-20(31)22-29-30-24(35-22)28-16-5-8-19(26)18(25)11-16/h5,8-9,11-12,14,17H,3-4,6-7,10H2,1-2H3,(H,28,30). The molecule has 0 amide bonds. The van der Waals surface area contributed by atoms with Crippen molar-refractivity contribution in [3.8, 4) is 5.88 Å². The molecule has 1 aromatic carbocycles. The largest absolute Gasteiger partial charge is 0.474 e. The summed E-state index contributed by atoms with van der Waals surface area (Å²) in [4.78, 5) is 28.7. The number of aryl methyl sites for hydroxylation is 1. The Bertz CT molecular complexity index is 1230. The molecular weight excluding hydrogens is 479 g/mol. The summed E-state index contributed by atoms with van der Waals surface area (Å²) >= 11 is 5.76. The summed E-state index contributed by atoms with van der Waals surface area (Å²) in [5.41, 5.74) is 1.98. The molecule has 3 aromatic rings. The number of halogens is 2. The number of anilines is 2. The number of rotatable bonds is 8. The molecule has 35 heavy (non-hydrogen) atoms. The quantitative estimate of drug-likeness (QED) is 0.341.